The number of alkyl halides is 1. The molecular formula is C16H14BBrO2. The van der Waals surface area contributed by atoms with Crippen molar-refractivity contribution in [1.29, 1.82) is 0 Å². The van der Waals surface area contributed by atoms with Crippen molar-refractivity contribution >= 4 is 35.3 Å². The largest absolute Gasteiger partial charge is 0.295 e. The third-order valence-electron chi connectivity index (χ3n) is 3.19. The van der Waals surface area contributed by atoms with Crippen molar-refractivity contribution in [3.63, 3.8) is 0 Å². The van der Waals surface area contributed by atoms with Crippen LogP contribution in [0.1, 0.15) is 20.7 Å². The summed E-state index contributed by atoms with van der Waals surface area (Å²) in [5, 5.41) is 0.334. The molecule has 0 bridgehead atoms. The van der Waals surface area contributed by atoms with E-state index in [0.29, 0.717) is 17.2 Å². The maximum atomic E-state index is 11.6. The third-order valence-corrected chi connectivity index (χ3v) is 3.70. The molecule has 0 N–H and O–H groups in total. The summed E-state index contributed by atoms with van der Waals surface area (Å²) < 4.78 is 0. The van der Waals surface area contributed by atoms with Gasteiger partial charge in [-0.25, -0.2) is 0 Å². The van der Waals surface area contributed by atoms with Crippen molar-refractivity contribution in [1.82, 2.24) is 0 Å². The molecule has 0 saturated heterocycles. The Morgan fingerprint density at radius 1 is 0.800 bits per heavy atom. The van der Waals surface area contributed by atoms with E-state index in [4.69, 9.17) is 0 Å². The summed E-state index contributed by atoms with van der Waals surface area (Å²) in [6.45, 7) is 0. The zero-order valence-electron chi connectivity index (χ0n) is 11.2. The van der Waals surface area contributed by atoms with Crippen molar-refractivity contribution in [2.45, 2.75) is 6.32 Å². The average Bonchev–Trinajstić information content (AvgIpc) is 2.53. The summed E-state index contributed by atoms with van der Waals surface area (Å²) in [5.74, 6) is 0.218. The lowest BCUT2D eigenvalue weighted by Crippen LogP contribution is -1.99. The van der Waals surface area contributed by atoms with E-state index < -0.39 is 0 Å². The van der Waals surface area contributed by atoms with Gasteiger partial charge in [0.1, 0.15) is 7.85 Å². The highest BCUT2D eigenvalue weighted by atomic mass is 79.9. The molecule has 20 heavy (non-hydrogen) atoms. The highest BCUT2D eigenvalue weighted by molar-refractivity contribution is 9.09. The van der Waals surface area contributed by atoms with Crippen LogP contribution in [0.2, 0.25) is 6.32 Å². The fraction of sp³-hybridized carbons (Fsp3) is 0.125. The van der Waals surface area contributed by atoms with Crippen LogP contribution in [0, 0.1) is 0 Å². The number of hydrogen-bond acceptors (Lipinski definition) is 2. The minimum absolute atomic E-state index is 0.0699. The summed E-state index contributed by atoms with van der Waals surface area (Å²) in [7, 11) is 1.86. The number of rotatable bonds is 5. The number of Topliss-reactive ketones (excluding diaryl/α,β-unsaturated/α-hetero) is 2. The number of ketones is 2. The molecule has 0 aliphatic carbocycles. The predicted molar refractivity (Wildman–Crippen MR) is 87.7 cm³/mol. The molecule has 0 unspecified atom stereocenters. The summed E-state index contributed by atoms with van der Waals surface area (Å²) in [6.07, 6.45) is 0.517. The van der Waals surface area contributed by atoms with Crippen LogP contribution in [0.25, 0.3) is 11.1 Å². The molecule has 0 amide bonds. The summed E-state index contributed by atoms with van der Waals surface area (Å²) in [5.41, 5.74) is 3.51. The van der Waals surface area contributed by atoms with Crippen LogP contribution in [0.5, 0.6) is 0 Å². The van der Waals surface area contributed by atoms with Gasteiger partial charge in [-0.15, -0.1) is 0 Å². The molecule has 4 heteroatoms. The zero-order valence-corrected chi connectivity index (χ0v) is 12.8. The van der Waals surface area contributed by atoms with Crippen LogP contribution in [0.3, 0.4) is 0 Å². The molecule has 0 atom stereocenters. The molecule has 0 heterocycles. The van der Waals surface area contributed by atoms with Gasteiger partial charge in [0.25, 0.3) is 0 Å². The highest BCUT2D eigenvalue weighted by Gasteiger charge is 2.06. The molecule has 0 radical (unpaired) electrons. The van der Waals surface area contributed by atoms with Gasteiger partial charge in [-0.05, 0) is 17.4 Å². The molecule has 2 nitrogen and oxygen atoms in total. The Balaban J connectivity index is 2.23. The second-order valence-corrected chi connectivity index (χ2v) is 5.05. The average molecular weight is 329 g/mol. The van der Waals surface area contributed by atoms with Gasteiger partial charge in [0.15, 0.2) is 11.6 Å². The van der Waals surface area contributed by atoms with Crippen LogP contribution in [0.15, 0.2) is 48.5 Å². The Kier molecular flexibility index (Phi) is 4.91. The number of benzene rings is 2. The van der Waals surface area contributed by atoms with E-state index in [9.17, 15) is 9.59 Å². The number of halogens is 1. The van der Waals surface area contributed by atoms with E-state index in [2.05, 4.69) is 15.9 Å². The van der Waals surface area contributed by atoms with Gasteiger partial charge in [-0.1, -0.05) is 64.5 Å². The van der Waals surface area contributed by atoms with Crippen LogP contribution in [0.4, 0.5) is 0 Å². The molecule has 0 aliphatic heterocycles. The van der Waals surface area contributed by atoms with Crippen LogP contribution < -0.4 is 0 Å². The molecule has 0 fully saturated rings. The lowest BCUT2D eigenvalue weighted by molar-refractivity contribution is 0.101. The molecule has 100 valence electrons. The molecule has 0 spiro atoms. The highest BCUT2D eigenvalue weighted by Crippen LogP contribution is 2.21. The first-order chi connectivity index (χ1) is 9.65. The molecule has 0 aliphatic rings. The Bertz CT molecular complexity index is 560. The summed E-state index contributed by atoms with van der Waals surface area (Å²) in [4.78, 5) is 23.1. The Morgan fingerprint density at radius 2 is 1.20 bits per heavy atom. The van der Waals surface area contributed by atoms with Gasteiger partial charge < -0.3 is 0 Å². The standard InChI is InChI=1S/C16H14BBrO2/c17-9-15(19)13-5-1-11(2-6-13)12-3-7-14(8-4-12)16(20)10-18/h1-8H,9-10,17H2. The van der Waals surface area contributed by atoms with Crippen molar-refractivity contribution in [2.24, 2.45) is 0 Å². The first-order valence-corrected chi connectivity index (χ1v) is 7.60. The second kappa shape index (κ2) is 6.66. The lowest BCUT2D eigenvalue weighted by atomic mass is 9.94. The number of carbonyl (C=O) groups excluding carboxylic acids is 2. The zero-order chi connectivity index (χ0) is 14.5. The molecule has 2 aromatic carbocycles. The van der Waals surface area contributed by atoms with Crippen LogP contribution in [-0.2, 0) is 0 Å². The Morgan fingerprint density at radius 3 is 1.55 bits per heavy atom. The minimum atomic E-state index is 0.0699. The maximum Gasteiger partial charge on any atom is 0.173 e. The van der Waals surface area contributed by atoms with Crippen molar-refractivity contribution in [2.75, 3.05) is 5.33 Å². The minimum Gasteiger partial charge on any atom is -0.295 e. The first kappa shape index (κ1) is 14.7. The van der Waals surface area contributed by atoms with Crippen LogP contribution >= 0.6 is 15.9 Å². The van der Waals surface area contributed by atoms with Crippen molar-refractivity contribution in [3.8, 4) is 11.1 Å². The topological polar surface area (TPSA) is 34.1 Å². The smallest absolute Gasteiger partial charge is 0.173 e. The number of carbonyl (C=O) groups is 2. The molecule has 2 aromatic rings. The summed E-state index contributed by atoms with van der Waals surface area (Å²) in [6, 6.07) is 15.1. The van der Waals surface area contributed by atoms with Gasteiger partial charge in [0.05, 0.1) is 5.33 Å². The number of hydrogen-bond donors (Lipinski definition) is 0. The van der Waals surface area contributed by atoms with Crippen molar-refractivity contribution in [3.05, 3.63) is 59.7 Å². The molecular weight excluding hydrogens is 315 g/mol. The van der Waals surface area contributed by atoms with Gasteiger partial charge in [-0.3, -0.25) is 9.59 Å². The van der Waals surface area contributed by atoms with E-state index >= 15 is 0 Å². The Labute approximate surface area is 127 Å². The van der Waals surface area contributed by atoms with Gasteiger partial charge in [0.2, 0.25) is 0 Å². The normalized spacial score (nSPS) is 10.2. The van der Waals surface area contributed by atoms with E-state index in [0.717, 1.165) is 16.7 Å². The third kappa shape index (κ3) is 3.25. The lowest BCUT2D eigenvalue weighted by Gasteiger charge is -2.04. The van der Waals surface area contributed by atoms with Crippen LogP contribution in [-0.4, -0.2) is 24.7 Å². The SMILES string of the molecule is BCC(=O)c1ccc(-c2ccc(C(=O)CBr)cc2)cc1. The quantitative estimate of drug-likeness (QED) is 0.480. The Hall–Kier alpha value is -1.68. The van der Waals surface area contributed by atoms with Gasteiger partial charge in [-0.2, -0.15) is 0 Å². The predicted octanol–water partition coefficient (Wildman–Crippen LogP) is 3.17. The molecule has 2 rings (SSSR count). The van der Waals surface area contributed by atoms with E-state index in [1.807, 2.05) is 56.4 Å². The first-order valence-electron chi connectivity index (χ1n) is 6.48. The van der Waals surface area contributed by atoms with E-state index in [1.165, 1.54) is 0 Å². The van der Waals surface area contributed by atoms with E-state index in [1.54, 1.807) is 0 Å². The molecule has 0 saturated carbocycles. The van der Waals surface area contributed by atoms with Gasteiger partial charge >= 0.3 is 0 Å². The van der Waals surface area contributed by atoms with E-state index in [-0.39, 0.29) is 11.6 Å². The second-order valence-electron chi connectivity index (χ2n) is 4.49. The fourth-order valence-electron chi connectivity index (χ4n) is 1.98. The summed E-state index contributed by atoms with van der Waals surface area (Å²) >= 11 is 3.16. The maximum absolute atomic E-state index is 11.6. The fourth-order valence-corrected chi connectivity index (χ4v) is 2.30. The van der Waals surface area contributed by atoms with Gasteiger partial charge in [0, 0.05) is 11.1 Å². The molecule has 0 aromatic heterocycles. The van der Waals surface area contributed by atoms with Crippen molar-refractivity contribution < 1.29 is 9.59 Å². The monoisotopic (exact) mass is 328 g/mol.